The van der Waals surface area contributed by atoms with Crippen LogP contribution in [0.25, 0.3) is 0 Å². The lowest BCUT2D eigenvalue weighted by molar-refractivity contribution is 0.170. The number of nitrogens with zero attached hydrogens (tertiary/aromatic N) is 1. The van der Waals surface area contributed by atoms with Crippen LogP contribution in [0.2, 0.25) is 19.6 Å². The third-order valence-electron chi connectivity index (χ3n) is 2.05. The van der Waals surface area contributed by atoms with Crippen molar-refractivity contribution in [2.75, 3.05) is 0 Å². The standard InChI is InChI=1S/C10H17NOSi/c1-9-5-6-10(7-9,8-11)12-13(2,3)4/h7H,5-6H2,1-4H3/t10-/m0/s1. The summed E-state index contributed by atoms with van der Waals surface area (Å²) in [4.78, 5) is 0. The van der Waals surface area contributed by atoms with Crippen LogP contribution >= 0.6 is 0 Å². The molecule has 0 aliphatic heterocycles. The summed E-state index contributed by atoms with van der Waals surface area (Å²) in [6.07, 6.45) is 3.82. The van der Waals surface area contributed by atoms with Crippen LogP contribution in [0.15, 0.2) is 11.6 Å². The summed E-state index contributed by atoms with van der Waals surface area (Å²) >= 11 is 0. The maximum absolute atomic E-state index is 9.10. The van der Waals surface area contributed by atoms with E-state index in [0.29, 0.717) is 0 Å². The zero-order chi connectivity index (χ0) is 10.1. The van der Waals surface area contributed by atoms with Gasteiger partial charge in [-0.3, -0.25) is 0 Å². The van der Waals surface area contributed by atoms with Crippen molar-refractivity contribution >= 4 is 8.32 Å². The van der Waals surface area contributed by atoms with Gasteiger partial charge in [-0.25, -0.2) is 0 Å². The minimum atomic E-state index is -1.61. The molecule has 13 heavy (non-hydrogen) atoms. The highest BCUT2D eigenvalue weighted by atomic mass is 28.4. The molecule has 0 amide bonds. The van der Waals surface area contributed by atoms with Gasteiger partial charge in [0.1, 0.15) is 6.07 Å². The van der Waals surface area contributed by atoms with E-state index in [4.69, 9.17) is 9.69 Å². The highest BCUT2D eigenvalue weighted by molar-refractivity contribution is 6.69. The largest absolute Gasteiger partial charge is 0.397 e. The minimum absolute atomic E-state index is 0.603. The summed E-state index contributed by atoms with van der Waals surface area (Å²) in [6.45, 7) is 8.42. The average Bonchev–Trinajstić information content (AvgIpc) is 2.29. The van der Waals surface area contributed by atoms with Gasteiger partial charge in [-0.15, -0.1) is 0 Å². The van der Waals surface area contributed by atoms with Crippen molar-refractivity contribution in [1.29, 1.82) is 5.26 Å². The molecule has 0 heterocycles. The molecular formula is C10H17NOSi. The van der Waals surface area contributed by atoms with E-state index in [1.165, 1.54) is 5.57 Å². The van der Waals surface area contributed by atoms with Gasteiger partial charge in [0.05, 0.1) is 0 Å². The summed E-state index contributed by atoms with van der Waals surface area (Å²) in [6, 6.07) is 2.30. The molecule has 0 saturated heterocycles. The molecule has 0 bridgehead atoms. The number of nitriles is 1. The van der Waals surface area contributed by atoms with E-state index in [1.807, 2.05) is 6.08 Å². The van der Waals surface area contributed by atoms with Crippen LogP contribution in [0.5, 0.6) is 0 Å². The van der Waals surface area contributed by atoms with Gasteiger partial charge in [0.2, 0.25) is 0 Å². The second-order valence-electron chi connectivity index (χ2n) is 4.71. The molecule has 0 saturated carbocycles. The van der Waals surface area contributed by atoms with E-state index in [9.17, 15) is 0 Å². The van der Waals surface area contributed by atoms with Gasteiger partial charge in [-0.1, -0.05) is 5.57 Å². The molecule has 0 aromatic carbocycles. The lowest BCUT2D eigenvalue weighted by atomic mass is 10.1. The third kappa shape index (κ3) is 2.68. The first-order chi connectivity index (χ1) is 5.87. The molecule has 1 rings (SSSR count). The Morgan fingerprint density at radius 1 is 1.54 bits per heavy atom. The van der Waals surface area contributed by atoms with Crippen LogP contribution in [-0.2, 0) is 4.43 Å². The van der Waals surface area contributed by atoms with Gasteiger partial charge in [0.15, 0.2) is 13.9 Å². The van der Waals surface area contributed by atoms with Crippen LogP contribution in [0.3, 0.4) is 0 Å². The fraction of sp³-hybridized carbons (Fsp3) is 0.700. The van der Waals surface area contributed by atoms with Crippen molar-refractivity contribution in [3.63, 3.8) is 0 Å². The Bertz CT molecular complexity index is 272. The predicted octanol–water partition coefficient (Wildman–Crippen LogP) is 2.84. The summed E-state index contributed by atoms with van der Waals surface area (Å²) < 4.78 is 5.91. The quantitative estimate of drug-likeness (QED) is 0.501. The first-order valence-corrected chi connectivity index (χ1v) is 8.07. The van der Waals surface area contributed by atoms with Crippen molar-refractivity contribution in [3.05, 3.63) is 11.6 Å². The third-order valence-corrected chi connectivity index (χ3v) is 3.02. The molecular weight excluding hydrogens is 178 g/mol. The normalized spacial score (nSPS) is 28.4. The predicted molar refractivity (Wildman–Crippen MR) is 55.8 cm³/mol. The molecule has 0 aromatic rings. The van der Waals surface area contributed by atoms with Crippen molar-refractivity contribution < 1.29 is 4.43 Å². The molecule has 0 radical (unpaired) electrons. The molecule has 0 N–H and O–H groups in total. The summed E-state index contributed by atoms with van der Waals surface area (Å²) in [5, 5.41) is 9.10. The number of rotatable bonds is 2. The molecule has 72 valence electrons. The van der Waals surface area contributed by atoms with Gasteiger partial charge in [-0.2, -0.15) is 5.26 Å². The molecule has 0 unspecified atom stereocenters. The van der Waals surface area contributed by atoms with E-state index >= 15 is 0 Å². The van der Waals surface area contributed by atoms with E-state index < -0.39 is 13.9 Å². The SMILES string of the molecule is CC1=C[C@@](C#N)(O[Si](C)(C)C)CC1. The first kappa shape index (κ1) is 10.5. The van der Waals surface area contributed by atoms with Crippen LogP contribution in [-0.4, -0.2) is 13.9 Å². The number of hydrogen-bond acceptors (Lipinski definition) is 2. The van der Waals surface area contributed by atoms with Crippen LogP contribution in [0, 0.1) is 11.3 Å². The van der Waals surface area contributed by atoms with E-state index in [2.05, 4.69) is 32.6 Å². The minimum Gasteiger partial charge on any atom is -0.397 e. The number of hydrogen-bond donors (Lipinski definition) is 0. The van der Waals surface area contributed by atoms with Crippen molar-refractivity contribution in [2.45, 2.75) is 45.0 Å². The Morgan fingerprint density at radius 3 is 2.46 bits per heavy atom. The topological polar surface area (TPSA) is 33.0 Å². The van der Waals surface area contributed by atoms with Gasteiger partial charge in [-0.05, 0) is 45.5 Å². The second-order valence-corrected chi connectivity index (χ2v) is 9.14. The zero-order valence-corrected chi connectivity index (χ0v) is 9.85. The zero-order valence-electron chi connectivity index (χ0n) is 8.85. The van der Waals surface area contributed by atoms with Gasteiger partial charge < -0.3 is 4.43 Å². The molecule has 0 spiro atoms. The molecule has 1 aliphatic carbocycles. The van der Waals surface area contributed by atoms with Crippen LogP contribution in [0.1, 0.15) is 19.8 Å². The van der Waals surface area contributed by atoms with Gasteiger partial charge >= 0.3 is 0 Å². The first-order valence-electron chi connectivity index (χ1n) is 4.67. The van der Waals surface area contributed by atoms with Crippen molar-refractivity contribution in [1.82, 2.24) is 0 Å². The Balaban J connectivity index is 2.81. The Kier molecular flexibility index (Phi) is 2.65. The second kappa shape index (κ2) is 3.28. The monoisotopic (exact) mass is 195 g/mol. The molecule has 1 aliphatic rings. The van der Waals surface area contributed by atoms with Gasteiger partial charge in [0.25, 0.3) is 0 Å². The van der Waals surface area contributed by atoms with Gasteiger partial charge in [0, 0.05) is 0 Å². The van der Waals surface area contributed by atoms with Crippen molar-refractivity contribution in [3.8, 4) is 6.07 Å². The lowest BCUT2D eigenvalue weighted by Gasteiger charge is -2.28. The van der Waals surface area contributed by atoms with E-state index in [-0.39, 0.29) is 0 Å². The Morgan fingerprint density at radius 2 is 2.15 bits per heavy atom. The summed E-state index contributed by atoms with van der Waals surface area (Å²) in [7, 11) is -1.61. The number of allylic oxidation sites excluding steroid dienone is 1. The highest BCUT2D eigenvalue weighted by Crippen LogP contribution is 2.33. The Hall–Kier alpha value is -0.593. The van der Waals surface area contributed by atoms with Crippen molar-refractivity contribution in [2.24, 2.45) is 0 Å². The molecule has 0 fully saturated rings. The summed E-state index contributed by atoms with van der Waals surface area (Å²) in [5.41, 5.74) is 0.675. The van der Waals surface area contributed by atoms with Crippen LogP contribution in [0.4, 0.5) is 0 Å². The lowest BCUT2D eigenvalue weighted by Crippen LogP contribution is -2.39. The maximum atomic E-state index is 9.10. The highest BCUT2D eigenvalue weighted by Gasteiger charge is 2.37. The Labute approximate surface area is 81.3 Å². The van der Waals surface area contributed by atoms with Crippen LogP contribution < -0.4 is 0 Å². The van der Waals surface area contributed by atoms with E-state index in [1.54, 1.807) is 0 Å². The smallest absolute Gasteiger partial charge is 0.186 e. The van der Waals surface area contributed by atoms with E-state index in [0.717, 1.165) is 12.8 Å². The molecule has 2 nitrogen and oxygen atoms in total. The molecule has 0 aromatic heterocycles. The summed E-state index contributed by atoms with van der Waals surface area (Å²) in [5.74, 6) is 0. The maximum Gasteiger partial charge on any atom is 0.186 e. The molecule has 3 heteroatoms. The fourth-order valence-corrected chi connectivity index (χ4v) is 2.96. The fourth-order valence-electron chi connectivity index (χ4n) is 1.66. The average molecular weight is 195 g/mol. The molecule has 1 atom stereocenters.